The van der Waals surface area contributed by atoms with Crippen LogP contribution in [0.25, 0.3) is 22.3 Å². The first kappa shape index (κ1) is 19.2. The zero-order valence-electron chi connectivity index (χ0n) is 15.1. The molecule has 0 aliphatic rings. The molecule has 1 N–H and O–H groups in total. The minimum Gasteiger partial charge on any atom is -0.406 e. The number of hydrogen-bond donors (Lipinski definition) is 1. The standard InChI is InChI=1S/C20H12F3N5O2/c21-20(22,23)30-14-5-1-3-12(9-14)15-6-7-16-17(27-15)18(26-11-25-16)28-19(29)13-4-2-8-24-10-13/h1-11H,(H,25,26,28,29). The van der Waals surface area contributed by atoms with Gasteiger partial charge >= 0.3 is 6.36 Å². The molecule has 0 fully saturated rings. The molecule has 0 aliphatic heterocycles. The Hall–Kier alpha value is -4.08. The second kappa shape index (κ2) is 7.74. The number of fused-ring (bicyclic) bond motifs is 1. The quantitative estimate of drug-likeness (QED) is 0.540. The number of carbonyl (C=O) groups excluding carboxylic acids is 1. The first-order chi connectivity index (χ1) is 14.4. The van der Waals surface area contributed by atoms with Gasteiger partial charge in [0.05, 0.1) is 16.8 Å². The maximum Gasteiger partial charge on any atom is 0.573 e. The lowest BCUT2D eigenvalue weighted by molar-refractivity contribution is -0.274. The van der Waals surface area contributed by atoms with E-state index in [4.69, 9.17) is 0 Å². The van der Waals surface area contributed by atoms with Crippen LogP contribution in [0.3, 0.4) is 0 Å². The first-order valence-electron chi connectivity index (χ1n) is 8.58. The van der Waals surface area contributed by atoms with Crippen LogP contribution >= 0.6 is 0 Å². The molecule has 0 bridgehead atoms. The van der Waals surface area contributed by atoms with Crippen molar-refractivity contribution in [2.45, 2.75) is 6.36 Å². The number of pyridine rings is 2. The Kier molecular flexibility index (Phi) is 4.97. The Morgan fingerprint density at radius 2 is 1.90 bits per heavy atom. The largest absolute Gasteiger partial charge is 0.573 e. The molecule has 7 nitrogen and oxygen atoms in total. The summed E-state index contributed by atoms with van der Waals surface area (Å²) >= 11 is 0. The Balaban J connectivity index is 1.70. The predicted molar refractivity (Wildman–Crippen MR) is 102 cm³/mol. The third kappa shape index (κ3) is 4.32. The van der Waals surface area contributed by atoms with Gasteiger partial charge in [-0.3, -0.25) is 9.78 Å². The Morgan fingerprint density at radius 1 is 1.03 bits per heavy atom. The number of aromatic nitrogens is 4. The van der Waals surface area contributed by atoms with E-state index in [0.29, 0.717) is 22.3 Å². The van der Waals surface area contributed by atoms with Crippen LogP contribution in [0.2, 0.25) is 0 Å². The average Bonchev–Trinajstić information content (AvgIpc) is 2.73. The molecular weight excluding hydrogens is 399 g/mol. The van der Waals surface area contributed by atoms with Gasteiger partial charge in [0.2, 0.25) is 0 Å². The minimum absolute atomic E-state index is 0.165. The van der Waals surface area contributed by atoms with Crippen LogP contribution in [-0.2, 0) is 0 Å². The van der Waals surface area contributed by atoms with Crippen LogP contribution in [0, 0.1) is 0 Å². The summed E-state index contributed by atoms with van der Waals surface area (Å²) in [6.45, 7) is 0. The van der Waals surface area contributed by atoms with Crippen molar-refractivity contribution in [2.75, 3.05) is 5.32 Å². The number of hydrogen-bond acceptors (Lipinski definition) is 6. The Labute approximate surface area is 167 Å². The normalized spacial score (nSPS) is 11.3. The van der Waals surface area contributed by atoms with Crippen molar-refractivity contribution in [3.05, 3.63) is 72.8 Å². The minimum atomic E-state index is -4.80. The van der Waals surface area contributed by atoms with Crippen molar-refractivity contribution in [3.63, 3.8) is 0 Å². The molecule has 10 heteroatoms. The molecule has 0 radical (unpaired) electrons. The SMILES string of the molecule is O=C(Nc1ncnc2ccc(-c3cccc(OC(F)(F)F)c3)nc12)c1cccnc1. The molecule has 150 valence electrons. The van der Waals surface area contributed by atoms with E-state index in [1.165, 1.54) is 30.7 Å². The third-order valence-electron chi connectivity index (χ3n) is 4.00. The Morgan fingerprint density at radius 3 is 2.67 bits per heavy atom. The van der Waals surface area contributed by atoms with Crippen molar-refractivity contribution in [3.8, 4) is 17.0 Å². The maximum absolute atomic E-state index is 12.5. The monoisotopic (exact) mass is 411 g/mol. The molecule has 0 aliphatic carbocycles. The van der Waals surface area contributed by atoms with Crippen molar-refractivity contribution in [2.24, 2.45) is 0 Å². The molecule has 0 atom stereocenters. The molecule has 1 amide bonds. The topological polar surface area (TPSA) is 89.9 Å². The van der Waals surface area contributed by atoms with E-state index in [1.807, 2.05) is 0 Å². The number of anilines is 1. The van der Waals surface area contributed by atoms with E-state index in [0.717, 1.165) is 0 Å². The second-order valence-electron chi connectivity index (χ2n) is 6.06. The predicted octanol–water partition coefficient (Wildman–Crippen LogP) is 4.24. The summed E-state index contributed by atoms with van der Waals surface area (Å²) in [6.07, 6.45) is -0.571. The van der Waals surface area contributed by atoms with E-state index in [2.05, 4.69) is 30.0 Å². The highest BCUT2D eigenvalue weighted by atomic mass is 19.4. The molecule has 1 aromatic carbocycles. The highest BCUT2D eigenvalue weighted by molar-refractivity contribution is 6.06. The number of rotatable bonds is 4. The number of halogens is 3. The fourth-order valence-electron chi connectivity index (χ4n) is 2.72. The number of benzene rings is 1. The van der Waals surface area contributed by atoms with E-state index >= 15 is 0 Å². The molecule has 30 heavy (non-hydrogen) atoms. The van der Waals surface area contributed by atoms with E-state index in [9.17, 15) is 18.0 Å². The molecule has 4 rings (SSSR count). The lowest BCUT2D eigenvalue weighted by Crippen LogP contribution is -2.17. The summed E-state index contributed by atoms with van der Waals surface area (Å²) in [5, 5.41) is 2.66. The number of alkyl halides is 3. The third-order valence-corrected chi connectivity index (χ3v) is 4.00. The summed E-state index contributed by atoms with van der Waals surface area (Å²) in [6, 6.07) is 11.9. The van der Waals surface area contributed by atoms with E-state index in [1.54, 1.807) is 36.5 Å². The lowest BCUT2D eigenvalue weighted by atomic mass is 10.1. The highest BCUT2D eigenvalue weighted by Gasteiger charge is 2.31. The van der Waals surface area contributed by atoms with Gasteiger partial charge in [-0.05, 0) is 36.4 Å². The van der Waals surface area contributed by atoms with Crippen LogP contribution < -0.4 is 10.1 Å². The van der Waals surface area contributed by atoms with Gasteiger partial charge in [-0.25, -0.2) is 15.0 Å². The van der Waals surface area contributed by atoms with Gasteiger partial charge in [0.1, 0.15) is 17.6 Å². The van der Waals surface area contributed by atoms with Crippen molar-refractivity contribution in [1.82, 2.24) is 19.9 Å². The van der Waals surface area contributed by atoms with Gasteiger partial charge in [-0.15, -0.1) is 13.2 Å². The maximum atomic E-state index is 12.5. The summed E-state index contributed by atoms with van der Waals surface area (Å²) in [5.74, 6) is -0.634. The van der Waals surface area contributed by atoms with Gasteiger partial charge in [0.15, 0.2) is 5.82 Å². The van der Waals surface area contributed by atoms with Crippen molar-refractivity contribution in [1.29, 1.82) is 0 Å². The van der Waals surface area contributed by atoms with E-state index < -0.39 is 12.3 Å². The van der Waals surface area contributed by atoms with Crippen LogP contribution in [0.5, 0.6) is 5.75 Å². The van der Waals surface area contributed by atoms with Gasteiger partial charge in [-0.1, -0.05) is 12.1 Å². The lowest BCUT2D eigenvalue weighted by Gasteiger charge is -2.11. The summed E-state index contributed by atoms with van der Waals surface area (Å²) in [4.78, 5) is 28.9. The summed E-state index contributed by atoms with van der Waals surface area (Å²) < 4.78 is 41.5. The molecular formula is C20H12F3N5O2. The van der Waals surface area contributed by atoms with Gasteiger partial charge in [0, 0.05) is 18.0 Å². The molecule has 3 aromatic heterocycles. The second-order valence-corrected chi connectivity index (χ2v) is 6.06. The van der Waals surface area contributed by atoms with Crippen molar-refractivity contribution < 1.29 is 22.7 Å². The van der Waals surface area contributed by atoms with E-state index in [-0.39, 0.29) is 17.1 Å². The average molecular weight is 411 g/mol. The number of carbonyl (C=O) groups is 1. The van der Waals surface area contributed by atoms with Crippen LogP contribution in [0.4, 0.5) is 19.0 Å². The molecule has 0 spiro atoms. The van der Waals surface area contributed by atoms with Crippen LogP contribution in [0.15, 0.2) is 67.3 Å². The number of amides is 1. The van der Waals surface area contributed by atoms with Crippen molar-refractivity contribution >= 4 is 22.8 Å². The molecule has 4 aromatic rings. The zero-order valence-corrected chi connectivity index (χ0v) is 15.1. The number of ether oxygens (including phenoxy) is 1. The van der Waals surface area contributed by atoms with Gasteiger partial charge < -0.3 is 10.1 Å². The first-order valence-corrected chi connectivity index (χ1v) is 8.58. The molecule has 0 saturated heterocycles. The Bertz CT molecular complexity index is 1220. The van der Waals surface area contributed by atoms with Crippen LogP contribution in [0.1, 0.15) is 10.4 Å². The molecule has 0 saturated carbocycles. The summed E-state index contributed by atoms with van der Waals surface area (Å²) in [7, 11) is 0. The van der Waals surface area contributed by atoms with Crippen LogP contribution in [-0.4, -0.2) is 32.2 Å². The summed E-state index contributed by atoms with van der Waals surface area (Å²) in [5.41, 5.74) is 1.83. The van der Waals surface area contributed by atoms with Gasteiger partial charge in [-0.2, -0.15) is 0 Å². The fraction of sp³-hybridized carbons (Fsp3) is 0.0500. The van der Waals surface area contributed by atoms with Gasteiger partial charge in [0.25, 0.3) is 5.91 Å². The molecule has 0 unspecified atom stereocenters. The number of nitrogens with one attached hydrogen (secondary N) is 1. The molecule has 3 heterocycles. The number of nitrogens with zero attached hydrogens (tertiary/aromatic N) is 4. The smallest absolute Gasteiger partial charge is 0.406 e. The fourth-order valence-corrected chi connectivity index (χ4v) is 2.72. The zero-order chi connectivity index (χ0) is 21.1. The highest BCUT2D eigenvalue weighted by Crippen LogP contribution is 2.29.